The van der Waals surface area contributed by atoms with Crippen molar-refractivity contribution in [1.82, 2.24) is 4.72 Å². The summed E-state index contributed by atoms with van der Waals surface area (Å²) in [5.74, 6) is 0. The van der Waals surface area contributed by atoms with Crippen molar-refractivity contribution in [1.29, 1.82) is 0 Å². The molecule has 90 valence electrons. The minimum atomic E-state index is -3.41. The van der Waals surface area contributed by atoms with Gasteiger partial charge in [-0.3, -0.25) is 0 Å². The number of nitrogens with two attached hydrogens (primary N) is 1. The summed E-state index contributed by atoms with van der Waals surface area (Å²) in [5.41, 5.74) is 6.30. The Morgan fingerprint density at radius 2 is 2.12 bits per heavy atom. The summed E-state index contributed by atoms with van der Waals surface area (Å²) in [5, 5.41) is 0. The molecule has 0 spiro atoms. The largest absolute Gasteiger partial charge is 0.330 e. The number of hydrogen-bond acceptors (Lipinski definition) is 3. The summed E-state index contributed by atoms with van der Waals surface area (Å²) in [6, 6.07) is 4.95. The van der Waals surface area contributed by atoms with Crippen molar-refractivity contribution in [2.75, 3.05) is 13.1 Å². The number of aryl methyl sites for hydroxylation is 1. The van der Waals surface area contributed by atoms with Gasteiger partial charge in [-0.1, -0.05) is 22.0 Å². The molecule has 16 heavy (non-hydrogen) atoms. The van der Waals surface area contributed by atoms with Gasteiger partial charge in [-0.05, 0) is 37.6 Å². The van der Waals surface area contributed by atoms with Crippen molar-refractivity contribution in [3.05, 3.63) is 28.2 Å². The molecule has 4 nitrogen and oxygen atoms in total. The van der Waals surface area contributed by atoms with E-state index in [2.05, 4.69) is 20.7 Å². The molecule has 3 N–H and O–H groups in total. The van der Waals surface area contributed by atoms with Crippen LogP contribution in [0.3, 0.4) is 0 Å². The Kier molecular flexibility index (Phi) is 4.91. The molecule has 0 unspecified atom stereocenters. The van der Waals surface area contributed by atoms with Crippen LogP contribution in [0, 0.1) is 6.92 Å². The molecule has 0 fully saturated rings. The van der Waals surface area contributed by atoms with E-state index in [1.165, 1.54) is 0 Å². The summed E-state index contributed by atoms with van der Waals surface area (Å²) < 4.78 is 26.9. The summed E-state index contributed by atoms with van der Waals surface area (Å²) in [6.45, 7) is 2.74. The zero-order chi connectivity index (χ0) is 12.2. The Hall–Kier alpha value is -0.430. The van der Waals surface area contributed by atoms with Gasteiger partial charge in [0.25, 0.3) is 0 Å². The van der Waals surface area contributed by atoms with Crippen LogP contribution in [0.4, 0.5) is 0 Å². The van der Waals surface area contributed by atoms with E-state index in [1.54, 1.807) is 18.2 Å². The van der Waals surface area contributed by atoms with Gasteiger partial charge in [0.2, 0.25) is 10.0 Å². The smallest absolute Gasteiger partial charge is 0.240 e. The number of sulfonamides is 1. The SMILES string of the molecule is Cc1ccc(S(=O)(=O)NCCCN)cc1Br. The lowest BCUT2D eigenvalue weighted by molar-refractivity contribution is 0.579. The molecule has 0 aliphatic rings. The number of nitrogens with one attached hydrogen (secondary N) is 1. The molecule has 0 bridgehead atoms. The summed E-state index contributed by atoms with van der Waals surface area (Å²) in [6.07, 6.45) is 0.631. The molecule has 0 aliphatic carbocycles. The van der Waals surface area contributed by atoms with Crippen molar-refractivity contribution < 1.29 is 8.42 Å². The van der Waals surface area contributed by atoms with Crippen LogP contribution in [0.5, 0.6) is 0 Å². The average Bonchev–Trinajstić information content (AvgIpc) is 2.22. The lowest BCUT2D eigenvalue weighted by Crippen LogP contribution is -2.26. The van der Waals surface area contributed by atoms with E-state index in [1.807, 2.05) is 6.92 Å². The molecular weight excluding hydrogens is 292 g/mol. The third-order valence-electron chi connectivity index (χ3n) is 2.13. The third kappa shape index (κ3) is 3.55. The van der Waals surface area contributed by atoms with Gasteiger partial charge in [0.15, 0.2) is 0 Å². The maximum absolute atomic E-state index is 11.8. The van der Waals surface area contributed by atoms with Gasteiger partial charge in [-0.2, -0.15) is 0 Å². The van der Waals surface area contributed by atoms with Crippen LogP contribution in [0.25, 0.3) is 0 Å². The fourth-order valence-electron chi connectivity index (χ4n) is 1.13. The van der Waals surface area contributed by atoms with Gasteiger partial charge in [0.05, 0.1) is 4.90 Å². The summed E-state index contributed by atoms with van der Waals surface area (Å²) in [4.78, 5) is 0.266. The molecule has 0 radical (unpaired) electrons. The van der Waals surface area contributed by atoms with Crippen molar-refractivity contribution in [3.8, 4) is 0 Å². The predicted molar refractivity (Wildman–Crippen MR) is 67.7 cm³/mol. The number of hydrogen-bond donors (Lipinski definition) is 2. The zero-order valence-corrected chi connectivity index (χ0v) is 11.4. The molecule has 0 atom stereocenters. The lowest BCUT2D eigenvalue weighted by atomic mass is 10.2. The van der Waals surface area contributed by atoms with Crippen LogP contribution < -0.4 is 10.5 Å². The van der Waals surface area contributed by atoms with Crippen LogP contribution in [-0.4, -0.2) is 21.5 Å². The maximum atomic E-state index is 11.8. The minimum absolute atomic E-state index is 0.266. The van der Waals surface area contributed by atoms with Gasteiger partial charge in [-0.25, -0.2) is 13.1 Å². The second kappa shape index (κ2) is 5.77. The highest BCUT2D eigenvalue weighted by molar-refractivity contribution is 9.10. The van der Waals surface area contributed by atoms with E-state index < -0.39 is 10.0 Å². The van der Waals surface area contributed by atoms with Gasteiger partial charge in [0.1, 0.15) is 0 Å². The van der Waals surface area contributed by atoms with Crippen LogP contribution in [-0.2, 0) is 10.0 Å². The van der Waals surface area contributed by atoms with E-state index in [0.717, 1.165) is 10.0 Å². The Morgan fingerprint density at radius 3 is 2.69 bits per heavy atom. The number of rotatable bonds is 5. The van der Waals surface area contributed by atoms with Crippen LogP contribution >= 0.6 is 15.9 Å². The molecule has 0 amide bonds. The molecule has 0 aliphatic heterocycles. The van der Waals surface area contributed by atoms with E-state index in [0.29, 0.717) is 19.5 Å². The highest BCUT2D eigenvalue weighted by Crippen LogP contribution is 2.20. The van der Waals surface area contributed by atoms with Crippen molar-refractivity contribution >= 4 is 26.0 Å². The van der Waals surface area contributed by atoms with Crippen molar-refractivity contribution in [2.24, 2.45) is 5.73 Å². The van der Waals surface area contributed by atoms with Crippen molar-refractivity contribution in [2.45, 2.75) is 18.2 Å². The fourth-order valence-corrected chi connectivity index (χ4v) is 2.76. The van der Waals surface area contributed by atoms with E-state index in [-0.39, 0.29) is 4.90 Å². The molecule has 0 heterocycles. The molecule has 1 aromatic rings. The fraction of sp³-hybridized carbons (Fsp3) is 0.400. The van der Waals surface area contributed by atoms with E-state index in [9.17, 15) is 8.42 Å². The molecule has 0 saturated heterocycles. The monoisotopic (exact) mass is 306 g/mol. The Bertz CT molecular complexity index is 460. The topological polar surface area (TPSA) is 72.2 Å². The van der Waals surface area contributed by atoms with Crippen LogP contribution in [0.15, 0.2) is 27.6 Å². The van der Waals surface area contributed by atoms with E-state index in [4.69, 9.17) is 5.73 Å². The second-order valence-corrected chi connectivity index (χ2v) is 6.07. The van der Waals surface area contributed by atoms with E-state index >= 15 is 0 Å². The molecule has 1 aromatic carbocycles. The Morgan fingerprint density at radius 1 is 1.44 bits per heavy atom. The third-order valence-corrected chi connectivity index (χ3v) is 4.44. The molecule has 0 aromatic heterocycles. The summed E-state index contributed by atoms with van der Waals surface area (Å²) >= 11 is 3.31. The highest BCUT2D eigenvalue weighted by atomic mass is 79.9. The predicted octanol–water partition coefficient (Wildman–Crippen LogP) is 1.38. The van der Waals surface area contributed by atoms with Gasteiger partial charge >= 0.3 is 0 Å². The highest BCUT2D eigenvalue weighted by Gasteiger charge is 2.13. The van der Waals surface area contributed by atoms with Crippen molar-refractivity contribution in [3.63, 3.8) is 0 Å². The second-order valence-electron chi connectivity index (χ2n) is 3.45. The van der Waals surface area contributed by atoms with Gasteiger partial charge in [-0.15, -0.1) is 0 Å². The number of benzene rings is 1. The van der Waals surface area contributed by atoms with Gasteiger partial charge < -0.3 is 5.73 Å². The standard InChI is InChI=1S/C10H15BrN2O2S/c1-8-3-4-9(7-10(8)11)16(14,15)13-6-2-5-12/h3-4,7,13H,2,5-6,12H2,1H3. The van der Waals surface area contributed by atoms with Crippen LogP contribution in [0.2, 0.25) is 0 Å². The first kappa shape index (κ1) is 13.6. The first-order valence-corrected chi connectivity index (χ1v) is 7.21. The first-order chi connectivity index (χ1) is 7.47. The quantitative estimate of drug-likeness (QED) is 0.807. The molecule has 0 saturated carbocycles. The lowest BCUT2D eigenvalue weighted by Gasteiger charge is -2.07. The molecule has 1 rings (SSSR count). The maximum Gasteiger partial charge on any atom is 0.240 e. The van der Waals surface area contributed by atoms with Gasteiger partial charge in [0, 0.05) is 11.0 Å². The summed E-state index contributed by atoms with van der Waals surface area (Å²) in [7, 11) is -3.41. The molecule has 6 heteroatoms. The normalized spacial score (nSPS) is 11.7. The first-order valence-electron chi connectivity index (χ1n) is 4.93. The average molecular weight is 307 g/mol. The number of halogens is 1. The van der Waals surface area contributed by atoms with Crippen LogP contribution in [0.1, 0.15) is 12.0 Å². The zero-order valence-electron chi connectivity index (χ0n) is 9.03. The minimum Gasteiger partial charge on any atom is -0.330 e. The Balaban J connectivity index is 2.86. The Labute approximate surface area is 104 Å². The molecular formula is C10H15BrN2O2S.